The van der Waals surface area contributed by atoms with Gasteiger partial charge in [0.1, 0.15) is 18.2 Å². The Morgan fingerprint density at radius 2 is 1.94 bits per heavy atom. The Hall–Kier alpha value is -3.52. The number of carboxylic acid groups (broad SMARTS) is 1. The van der Waals surface area contributed by atoms with E-state index in [4.69, 9.17) is 21.3 Å². The number of aromatic carboxylic acids is 1. The Bertz CT molecular complexity index is 2080. The van der Waals surface area contributed by atoms with Gasteiger partial charge in [0.25, 0.3) is 5.56 Å². The zero-order valence-corrected chi connectivity index (χ0v) is 29.1. The van der Waals surface area contributed by atoms with Crippen LogP contribution in [0.1, 0.15) is 71.7 Å². The maximum atomic E-state index is 14.2. The number of pyridine rings is 1. The summed E-state index contributed by atoms with van der Waals surface area (Å²) in [5, 5.41) is 11.8. The number of hydrogen-bond donors (Lipinski definition) is 1. The van der Waals surface area contributed by atoms with Gasteiger partial charge in [-0.3, -0.25) is 24.0 Å². The third kappa shape index (κ3) is 5.99. The molecule has 3 aromatic heterocycles. The molecule has 264 valence electrons. The van der Waals surface area contributed by atoms with E-state index in [9.17, 15) is 27.9 Å². The number of piperidine rings is 2. The third-order valence-corrected chi connectivity index (χ3v) is 12.4. The zero-order chi connectivity index (χ0) is 35.1. The van der Waals surface area contributed by atoms with Crippen LogP contribution >= 0.6 is 22.9 Å². The van der Waals surface area contributed by atoms with Crippen LogP contribution in [0.15, 0.2) is 34.4 Å². The SMILES string of the molecule is Cc1cc(-c2cc(Cl)ccc2OCCn2c(C)nc3c(c2=O)C[C@@H](N2C[C@H]4CC[C@@H]2CC4OC(F)(F)F)CC32CC2)c2scc(C(=O)O)c2n1. The zero-order valence-electron chi connectivity index (χ0n) is 27.6. The lowest BCUT2D eigenvalue weighted by molar-refractivity contribution is -0.356. The normalized spacial score (nSPS) is 24.1. The largest absolute Gasteiger partial charge is 0.522 e. The van der Waals surface area contributed by atoms with Crippen LogP contribution in [0.3, 0.4) is 0 Å². The molecule has 1 aromatic carbocycles. The molecule has 14 heteroatoms. The molecule has 4 aromatic rings. The van der Waals surface area contributed by atoms with E-state index in [0.29, 0.717) is 63.0 Å². The van der Waals surface area contributed by atoms with Crippen LogP contribution in [-0.2, 0) is 23.1 Å². The predicted octanol–water partition coefficient (Wildman–Crippen LogP) is 7.30. The molecule has 1 N–H and O–H groups in total. The number of aryl methyl sites for hydroxylation is 2. The van der Waals surface area contributed by atoms with E-state index < -0.39 is 18.4 Å². The van der Waals surface area contributed by atoms with Crippen molar-refractivity contribution in [3.63, 3.8) is 0 Å². The fourth-order valence-corrected chi connectivity index (χ4v) is 9.89. The van der Waals surface area contributed by atoms with Crippen molar-refractivity contribution in [1.82, 2.24) is 19.4 Å². The summed E-state index contributed by atoms with van der Waals surface area (Å²) in [4.78, 5) is 37.9. The lowest BCUT2D eigenvalue weighted by atomic mass is 9.73. The minimum Gasteiger partial charge on any atom is -0.491 e. The van der Waals surface area contributed by atoms with Crippen molar-refractivity contribution in [2.45, 2.75) is 95.3 Å². The smallest absolute Gasteiger partial charge is 0.491 e. The molecule has 5 heterocycles. The van der Waals surface area contributed by atoms with Gasteiger partial charge in [-0.1, -0.05) is 11.6 Å². The van der Waals surface area contributed by atoms with Crippen LogP contribution in [-0.4, -0.2) is 68.2 Å². The first kappa shape index (κ1) is 33.6. The molecule has 3 aliphatic carbocycles. The van der Waals surface area contributed by atoms with Crippen LogP contribution in [0.5, 0.6) is 5.75 Å². The number of aromatic nitrogens is 3. The summed E-state index contributed by atoms with van der Waals surface area (Å²) >= 11 is 7.73. The number of halogens is 4. The lowest BCUT2D eigenvalue weighted by Crippen LogP contribution is -2.60. The van der Waals surface area contributed by atoms with Gasteiger partial charge in [-0.05, 0) is 89.0 Å². The summed E-state index contributed by atoms with van der Waals surface area (Å²) in [5.74, 6) is -0.0670. The summed E-state index contributed by atoms with van der Waals surface area (Å²) in [6.07, 6.45) is -0.213. The number of fused-ring (bicyclic) bond motifs is 6. The van der Waals surface area contributed by atoms with E-state index in [0.717, 1.165) is 43.4 Å². The lowest BCUT2D eigenvalue weighted by Gasteiger charge is -2.53. The third-order valence-electron chi connectivity index (χ3n) is 11.1. The summed E-state index contributed by atoms with van der Waals surface area (Å²) in [6.45, 7) is 4.62. The number of thiophene rings is 1. The minimum atomic E-state index is -4.64. The first-order valence-electron chi connectivity index (χ1n) is 17.0. The highest BCUT2D eigenvalue weighted by atomic mass is 35.5. The average molecular weight is 729 g/mol. The first-order chi connectivity index (χ1) is 23.8. The number of nitrogens with zero attached hydrogens (tertiary/aromatic N) is 4. The number of carboxylic acids is 1. The van der Waals surface area contributed by atoms with E-state index in [1.165, 1.54) is 11.3 Å². The number of rotatable bonds is 8. The highest BCUT2D eigenvalue weighted by Gasteiger charge is 2.55. The monoisotopic (exact) mass is 728 g/mol. The number of alkyl halides is 3. The van der Waals surface area contributed by atoms with Crippen LogP contribution in [0, 0.1) is 19.8 Å². The van der Waals surface area contributed by atoms with Crippen molar-refractivity contribution < 1.29 is 32.5 Å². The highest BCUT2D eigenvalue weighted by molar-refractivity contribution is 7.18. The number of benzene rings is 1. The molecule has 9 rings (SSSR count). The fraction of sp³-hybridized carbons (Fsp3) is 0.500. The van der Waals surface area contributed by atoms with Crippen LogP contribution in [0.2, 0.25) is 5.02 Å². The number of hydrogen-bond acceptors (Lipinski definition) is 8. The quantitative estimate of drug-likeness (QED) is 0.202. The second-order valence-electron chi connectivity index (χ2n) is 14.2. The molecule has 0 amide bonds. The van der Waals surface area contributed by atoms with Gasteiger partial charge >= 0.3 is 12.3 Å². The van der Waals surface area contributed by atoms with Gasteiger partial charge in [0, 0.05) is 56.8 Å². The Morgan fingerprint density at radius 3 is 2.64 bits per heavy atom. The van der Waals surface area contributed by atoms with Gasteiger partial charge in [-0.25, -0.2) is 9.78 Å². The van der Waals surface area contributed by atoms with Crippen molar-refractivity contribution in [1.29, 1.82) is 0 Å². The standard InChI is InChI=1S/C36H36ClF3N4O5S/c1-18-11-25(31-30(41-18)27(17-50-31)34(46)47)24-12-21(37)4-6-28(24)48-10-9-43-19(2)42-32-26(33(43)45)13-23(15-35(32)7-8-35)44-16-20-3-5-22(44)14-29(20)49-36(38,39)40/h4,6,11-12,17,20,22-23,29H,3,5,7-10,13-16H2,1-2H3,(H,46,47)/t20-,22-,23-,29?/m1/s1. The first-order valence-corrected chi connectivity index (χ1v) is 18.2. The van der Waals surface area contributed by atoms with Gasteiger partial charge in [-0.15, -0.1) is 24.5 Å². The molecule has 2 bridgehead atoms. The van der Waals surface area contributed by atoms with Crippen molar-refractivity contribution in [2.75, 3.05) is 13.2 Å². The Kier molecular flexibility index (Phi) is 8.28. The van der Waals surface area contributed by atoms with E-state index in [1.54, 1.807) is 35.1 Å². The molecule has 4 atom stereocenters. The van der Waals surface area contributed by atoms with E-state index >= 15 is 0 Å². The summed E-state index contributed by atoms with van der Waals surface area (Å²) in [5.41, 5.74) is 4.01. The molecule has 9 nitrogen and oxygen atoms in total. The van der Waals surface area contributed by atoms with Crippen LogP contribution in [0.4, 0.5) is 13.2 Å². The molecule has 2 aliphatic heterocycles. The van der Waals surface area contributed by atoms with E-state index in [-0.39, 0.29) is 47.7 Å². The van der Waals surface area contributed by atoms with Gasteiger partial charge in [0.15, 0.2) is 0 Å². The molecule has 0 radical (unpaired) electrons. The molecule has 1 spiro atoms. The van der Waals surface area contributed by atoms with E-state index in [1.807, 2.05) is 13.0 Å². The molecule has 4 fully saturated rings. The van der Waals surface area contributed by atoms with Crippen molar-refractivity contribution in [3.8, 4) is 16.9 Å². The number of carbonyl (C=O) groups is 1. The molecular weight excluding hydrogens is 693 g/mol. The highest BCUT2D eigenvalue weighted by Crippen LogP contribution is 2.56. The minimum absolute atomic E-state index is 0.00705. The second-order valence-corrected chi connectivity index (χ2v) is 15.6. The summed E-state index contributed by atoms with van der Waals surface area (Å²) in [7, 11) is 0. The van der Waals surface area contributed by atoms with Crippen molar-refractivity contribution >= 4 is 39.1 Å². The van der Waals surface area contributed by atoms with Crippen molar-refractivity contribution in [3.05, 3.63) is 73.4 Å². The molecule has 2 saturated carbocycles. The van der Waals surface area contributed by atoms with Gasteiger partial charge in [0.2, 0.25) is 0 Å². The van der Waals surface area contributed by atoms with Gasteiger partial charge in [-0.2, -0.15) is 0 Å². The predicted molar refractivity (Wildman–Crippen MR) is 182 cm³/mol. The van der Waals surface area contributed by atoms with Crippen LogP contribution < -0.4 is 10.3 Å². The molecular formula is C36H36ClF3N4O5S. The Balaban J connectivity index is 1.04. The maximum absolute atomic E-state index is 14.2. The Morgan fingerprint density at radius 1 is 1.14 bits per heavy atom. The van der Waals surface area contributed by atoms with Crippen LogP contribution in [0.25, 0.3) is 21.3 Å². The Labute approximate surface area is 295 Å². The second kappa shape index (κ2) is 12.3. The van der Waals surface area contributed by atoms with Gasteiger partial charge in [0.05, 0.1) is 34.1 Å². The van der Waals surface area contributed by atoms with E-state index in [2.05, 4.69) is 14.6 Å². The summed E-state index contributed by atoms with van der Waals surface area (Å²) in [6, 6.07) is 7.23. The molecule has 1 unspecified atom stereocenters. The molecule has 5 aliphatic rings. The van der Waals surface area contributed by atoms with Crippen molar-refractivity contribution in [2.24, 2.45) is 5.92 Å². The summed E-state index contributed by atoms with van der Waals surface area (Å²) < 4.78 is 52.5. The van der Waals surface area contributed by atoms with Gasteiger partial charge < -0.3 is 9.84 Å². The number of ether oxygens (including phenoxy) is 2. The topological polar surface area (TPSA) is 107 Å². The fourth-order valence-electron chi connectivity index (χ4n) is 8.71. The maximum Gasteiger partial charge on any atom is 0.522 e. The molecule has 50 heavy (non-hydrogen) atoms. The average Bonchev–Trinajstić information content (AvgIpc) is 3.69. The molecule has 2 saturated heterocycles.